The molecule has 1 heterocycles. The number of phenols is 1. The first kappa shape index (κ1) is 21.8. The second-order valence-corrected chi connectivity index (χ2v) is 8.76. The number of aromatic amines is 1. The summed E-state index contributed by atoms with van der Waals surface area (Å²) in [6, 6.07) is 24.7. The van der Waals surface area contributed by atoms with Crippen LogP contribution in [0.1, 0.15) is 21.5 Å². The van der Waals surface area contributed by atoms with Crippen LogP contribution >= 0.6 is 11.8 Å². The van der Waals surface area contributed by atoms with Gasteiger partial charge in [0.25, 0.3) is 0 Å². The Hall–Kier alpha value is -4.03. The first-order valence-corrected chi connectivity index (χ1v) is 11.8. The third-order valence-electron chi connectivity index (χ3n) is 5.63. The Labute approximate surface area is 201 Å². The van der Waals surface area contributed by atoms with E-state index in [0.717, 1.165) is 38.5 Å². The third kappa shape index (κ3) is 4.40. The number of nitrogens with one attached hydrogen (secondary N) is 1. The van der Waals surface area contributed by atoms with Gasteiger partial charge >= 0.3 is 0 Å². The van der Waals surface area contributed by atoms with E-state index in [2.05, 4.69) is 9.97 Å². The summed E-state index contributed by atoms with van der Waals surface area (Å²) in [4.78, 5) is 20.7. The van der Waals surface area contributed by atoms with Crippen LogP contribution in [0.4, 0.5) is 0 Å². The molecule has 2 N–H and O–H groups in total. The Kier molecular flexibility index (Phi) is 6.06. The minimum Gasteiger partial charge on any atom is -0.507 e. The van der Waals surface area contributed by atoms with E-state index in [1.165, 1.54) is 6.08 Å². The number of benzene rings is 4. The smallest absolute Gasteiger partial charge is 0.189 e. The van der Waals surface area contributed by atoms with Crippen molar-refractivity contribution in [3.63, 3.8) is 0 Å². The molecule has 0 spiro atoms. The number of allylic oxidation sites excluding steroid dienone is 1. The Morgan fingerprint density at radius 1 is 1.06 bits per heavy atom. The molecule has 4 aromatic carbocycles. The zero-order chi connectivity index (χ0) is 23.5. The lowest BCUT2D eigenvalue weighted by Crippen LogP contribution is -1.96. The molecular weight excluding hydrogens is 444 g/mol. The van der Waals surface area contributed by atoms with Gasteiger partial charge in [0, 0.05) is 16.7 Å². The van der Waals surface area contributed by atoms with Gasteiger partial charge in [0.1, 0.15) is 11.5 Å². The fourth-order valence-electron chi connectivity index (χ4n) is 3.87. The molecule has 6 heteroatoms. The number of rotatable bonds is 7. The van der Waals surface area contributed by atoms with E-state index in [9.17, 15) is 9.90 Å². The average Bonchev–Trinajstić information content (AvgIpc) is 3.29. The molecule has 1 aromatic heterocycles. The lowest BCUT2D eigenvalue weighted by atomic mass is 10.0. The molecule has 34 heavy (non-hydrogen) atoms. The van der Waals surface area contributed by atoms with Crippen LogP contribution in [0.15, 0.2) is 90.1 Å². The highest BCUT2D eigenvalue weighted by Gasteiger charge is 2.12. The van der Waals surface area contributed by atoms with Crippen LogP contribution in [0, 0.1) is 0 Å². The number of nitrogens with zero attached hydrogens (tertiary/aromatic N) is 1. The minimum absolute atomic E-state index is 0.00500. The van der Waals surface area contributed by atoms with Crippen LogP contribution in [0.3, 0.4) is 0 Å². The van der Waals surface area contributed by atoms with Crippen molar-refractivity contribution in [3.8, 4) is 11.5 Å². The van der Waals surface area contributed by atoms with Crippen molar-refractivity contribution in [1.29, 1.82) is 0 Å². The summed E-state index contributed by atoms with van der Waals surface area (Å²) in [6.07, 6.45) is 3.24. The molecule has 168 valence electrons. The Balaban J connectivity index is 1.35. The number of para-hydroxylation sites is 2. The van der Waals surface area contributed by atoms with E-state index in [0.29, 0.717) is 11.1 Å². The average molecular weight is 467 g/mol. The Morgan fingerprint density at radius 2 is 1.88 bits per heavy atom. The normalized spacial score (nSPS) is 11.4. The predicted octanol–water partition coefficient (Wildman–Crippen LogP) is 6.62. The molecule has 0 aliphatic heterocycles. The van der Waals surface area contributed by atoms with Gasteiger partial charge in [-0.05, 0) is 47.4 Å². The Morgan fingerprint density at radius 3 is 2.74 bits per heavy atom. The molecule has 0 unspecified atom stereocenters. The molecule has 0 aliphatic rings. The fourth-order valence-corrected chi connectivity index (χ4v) is 4.74. The molecule has 5 aromatic rings. The van der Waals surface area contributed by atoms with Crippen LogP contribution < -0.4 is 4.74 Å². The number of phenolic OH excluding ortho intramolecular Hbond substituents is 1. The molecule has 5 nitrogen and oxygen atoms in total. The number of carbonyl (C=O) groups is 1. The van der Waals surface area contributed by atoms with Crippen LogP contribution in [-0.4, -0.2) is 28.0 Å². The summed E-state index contributed by atoms with van der Waals surface area (Å²) in [5.41, 5.74) is 4.09. The van der Waals surface area contributed by atoms with E-state index in [1.54, 1.807) is 37.1 Å². The number of aromatic nitrogens is 2. The maximum Gasteiger partial charge on any atom is 0.189 e. The number of fused-ring (bicyclic) bond motifs is 2. The lowest BCUT2D eigenvalue weighted by molar-refractivity contribution is 0.104. The van der Waals surface area contributed by atoms with Crippen LogP contribution in [0.25, 0.3) is 27.9 Å². The number of methoxy groups -OCH3 is 1. The standard InChI is InChI=1S/C28H22N2O3S/c1-33-26-15-11-18(16-20(26)17-34-28-29-23-8-4-5-9-24(23)30-28)10-14-25(31)22-13-12-19-6-2-3-7-21(19)27(22)32/h2-16,32H,17H2,1H3,(H,29,30). The maximum atomic E-state index is 12.8. The molecule has 0 bridgehead atoms. The molecule has 0 saturated carbocycles. The number of H-pyrrole nitrogens is 1. The molecular formula is C28H22N2O3S. The first-order valence-electron chi connectivity index (χ1n) is 10.8. The molecule has 0 atom stereocenters. The van der Waals surface area contributed by atoms with Gasteiger partial charge in [0.15, 0.2) is 10.9 Å². The van der Waals surface area contributed by atoms with Crippen LogP contribution in [0.2, 0.25) is 0 Å². The number of hydrogen-bond donors (Lipinski definition) is 2. The number of ether oxygens (including phenoxy) is 1. The molecule has 0 saturated heterocycles. The number of thioether (sulfide) groups is 1. The van der Waals surface area contributed by atoms with Crippen molar-refractivity contribution in [2.24, 2.45) is 0 Å². The molecule has 0 amide bonds. The van der Waals surface area contributed by atoms with E-state index >= 15 is 0 Å². The van der Waals surface area contributed by atoms with Gasteiger partial charge in [-0.25, -0.2) is 4.98 Å². The van der Waals surface area contributed by atoms with Gasteiger partial charge in [-0.1, -0.05) is 66.4 Å². The lowest BCUT2D eigenvalue weighted by Gasteiger charge is -2.09. The van der Waals surface area contributed by atoms with Crippen LogP contribution in [0.5, 0.6) is 11.5 Å². The molecule has 5 rings (SSSR count). The van der Waals surface area contributed by atoms with Gasteiger partial charge in [-0.3, -0.25) is 4.79 Å². The quantitative estimate of drug-likeness (QED) is 0.160. The van der Waals surface area contributed by atoms with E-state index < -0.39 is 0 Å². The zero-order valence-corrected chi connectivity index (χ0v) is 19.3. The van der Waals surface area contributed by atoms with E-state index in [-0.39, 0.29) is 17.1 Å². The molecule has 0 radical (unpaired) electrons. The van der Waals surface area contributed by atoms with Gasteiger partial charge < -0.3 is 14.8 Å². The van der Waals surface area contributed by atoms with E-state index in [4.69, 9.17) is 4.74 Å². The maximum absolute atomic E-state index is 12.8. The summed E-state index contributed by atoms with van der Waals surface area (Å²) in [7, 11) is 1.65. The Bertz CT molecular complexity index is 1500. The summed E-state index contributed by atoms with van der Waals surface area (Å²) >= 11 is 1.59. The van der Waals surface area contributed by atoms with Gasteiger partial charge in [0.2, 0.25) is 0 Å². The second-order valence-electron chi connectivity index (χ2n) is 7.80. The number of aromatic hydroxyl groups is 1. The van der Waals surface area contributed by atoms with Crippen LogP contribution in [-0.2, 0) is 5.75 Å². The van der Waals surface area contributed by atoms with Crippen molar-refractivity contribution in [2.45, 2.75) is 10.9 Å². The SMILES string of the molecule is COc1ccc(C=CC(=O)c2ccc3ccccc3c2O)cc1CSc1nc2ccccc2[nH]1. The fraction of sp³-hybridized carbons (Fsp3) is 0.0714. The van der Waals surface area contributed by atoms with Crippen molar-refractivity contribution in [2.75, 3.05) is 7.11 Å². The highest BCUT2D eigenvalue weighted by Crippen LogP contribution is 2.31. The van der Waals surface area contributed by atoms with Crippen molar-refractivity contribution in [3.05, 3.63) is 102 Å². The number of hydrogen-bond acceptors (Lipinski definition) is 5. The topological polar surface area (TPSA) is 75.2 Å². The van der Waals surface area contributed by atoms with Crippen molar-refractivity contribution >= 4 is 45.4 Å². The van der Waals surface area contributed by atoms with Gasteiger partial charge in [-0.15, -0.1) is 0 Å². The summed E-state index contributed by atoms with van der Waals surface area (Å²) in [5.74, 6) is 1.19. The highest BCUT2D eigenvalue weighted by atomic mass is 32.2. The zero-order valence-electron chi connectivity index (χ0n) is 18.5. The molecule has 0 fully saturated rings. The summed E-state index contributed by atoms with van der Waals surface area (Å²) in [6.45, 7) is 0. The highest BCUT2D eigenvalue weighted by molar-refractivity contribution is 7.98. The largest absolute Gasteiger partial charge is 0.507 e. The number of imidazole rings is 1. The number of ketones is 1. The third-order valence-corrected chi connectivity index (χ3v) is 6.55. The minimum atomic E-state index is -0.253. The first-order chi connectivity index (χ1) is 16.6. The monoisotopic (exact) mass is 466 g/mol. The van der Waals surface area contributed by atoms with Crippen molar-refractivity contribution in [1.82, 2.24) is 9.97 Å². The summed E-state index contributed by atoms with van der Waals surface area (Å²) in [5, 5.41) is 13.0. The second kappa shape index (κ2) is 9.45. The molecule has 0 aliphatic carbocycles. The van der Waals surface area contributed by atoms with E-state index in [1.807, 2.05) is 66.7 Å². The van der Waals surface area contributed by atoms with Gasteiger partial charge in [0.05, 0.1) is 23.7 Å². The van der Waals surface area contributed by atoms with Gasteiger partial charge in [-0.2, -0.15) is 0 Å². The number of carbonyl (C=O) groups excluding carboxylic acids is 1. The summed E-state index contributed by atoms with van der Waals surface area (Å²) < 4.78 is 5.53. The van der Waals surface area contributed by atoms with Crippen molar-refractivity contribution < 1.29 is 14.6 Å². The predicted molar refractivity (Wildman–Crippen MR) is 138 cm³/mol.